The third-order valence-electron chi connectivity index (χ3n) is 3.93. The molecule has 1 aromatic heterocycles. The van der Waals surface area contributed by atoms with Gasteiger partial charge in [0.25, 0.3) is 5.91 Å². The summed E-state index contributed by atoms with van der Waals surface area (Å²) >= 11 is 5.86. The van der Waals surface area contributed by atoms with Crippen molar-refractivity contribution in [2.45, 2.75) is 19.3 Å². The van der Waals surface area contributed by atoms with Gasteiger partial charge in [0.1, 0.15) is 17.8 Å². The van der Waals surface area contributed by atoms with Crippen LogP contribution in [-0.2, 0) is 6.42 Å². The summed E-state index contributed by atoms with van der Waals surface area (Å²) in [7, 11) is 0. The Hall–Kier alpha value is -2.14. The van der Waals surface area contributed by atoms with Crippen molar-refractivity contribution in [3.05, 3.63) is 52.9 Å². The molecule has 1 aliphatic rings. The second-order valence-electron chi connectivity index (χ2n) is 5.59. The Bertz CT molecular complexity index is 669. The van der Waals surface area contributed by atoms with E-state index in [0.29, 0.717) is 17.3 Å². The van der Waals surface area contributed by atoms with Crippen molar-refractivity contribution < 1.29 is 4.79 Å². The molecule has 0 unspecified atom stereocenters. The molecule has 23 heavy (non-hydrogen) atoms. The van der Waals surface area contributed by atoms with Gasteiger partial charge >= 0.3 is 0 Å². The van der Waals surface area contributed by atoms with Crippen LogP contribution in [0.2, 0.25) is 5.02 Å². The van der Waals surface area contributed by atoms with Gasteiger partial charge in [0.2, 0.25) is 0 Å². The molecule has 120 valence electrons. The number of hydrogen-bond acceptors (Lipinski definition) is 4. The van der Waals surface area contributed by atoms with Gasteiger partial charge in [0, 0.05) is 30.7 Å². The molecule has 1 aliphatic heterocycles. The van der Waals surface area contributed by atoms with E-state index < -0.39 is 0 Å². The average Bonchev–Trinajstić information content (AvgIpc) is 3.11. The summed E-state index contributed by atoms with van der Waals surface area (Å²) in [6.45, 7) is 2.55. The molecule has 0 saturated carbocycles. The number of hydrogen-bond donors (Lipinski definition) is 1. The number of benzene rings is 1. The number of anilines is 1. The van der Waals surface area contributed by atoms with E-state index in [1.54, 1.807) is 6.07 Å². The zero-order valence-electron chi connectivity index (χ0n) is 12.8. The smallest absolute Gasteiger partial charge is 0.270 e. The first-order valence-electron chi connectivity index (χ1n) is 7.82. The molecule has 6 heteroatoms. The first kappa shape index (κ1) is 15.7. The summed E-state index contributed by atoms with van der Waals surface area (Å²) in [6, 6.07) is 9.40. The van der Waals surface area contributed by atoms with Gasteiger partial charge in [-0.3, -0.25) is 4.79 Å². The molecule has 2 aromatic rings. The zero-order valence-corrected chi connectivity index (χ0v) is 13.6. The highest BCUT2D eigenvalue weighted by Crippen LogP contribution is 2.17. The predicted molar refractivity (Wildman–Crippen MR) is 91.0 cm³/mol. The van der Waals surface area contributed by atoms with E-state index in [1.807, 2.05) is 24.3 Å². The highest BCUT2D eigenvalue weighted by molar-refractivity contribution is 6.30. The zero-order chi connectivity index (χ0) is 16.1. The molecular weight excluding hydrogens is 312 g/mol. The lowest BCUT2D eigenvalue weighted by molar-refractivity contribution is 0.0949. The van der Waals surface area contributed by atoms with E-state index in [-0.39, 0.29) is 5.91 Å². The number of rotatable bonds is 5. The van der Waals surface area contributed by atoms with E-state index in [1.165, 1.54) is 19.2 Å². The molecule has 0 aliphatic carbocycles. The van der Waals surface area contributed by atoms with Crippen molar-refractivity contribution in [2.24, 2.45) is 0 Å². The number of nitrogens with one attached hydrogen (secondary N) is 1. The lowest BCUT2D eigenvalue weighted by atomic mass is 10.1. The SMILES string of the molecule is O=C(NCCc1ccc(Cl)cc1)c1cc(N2CCCC2)ncn1. The van der Waals surface area contributed by atoms with Crippen LogP contribution in [-0.4, -0.2) is 35.5 Å². The van der Waals surface area contributed by atoms with E-state index in [0.717, 1.165) is 30.9 Å². The summed E-state index contributed by atoms with van der Waals surface area (Å²) in [4.78, 5) is 22.7. The predicted octanol–water partition coefficient (Wildman–Crippen LogP) is 2.70. The van der Waals surface area contributed by atoms with Crippen LogP contribution in [0.15, 0.2) is 36.7 Å². The molecule has 1 saturated heterocycles. The minimum Gasteiger partial charge on any atom is -0.357 e. The number of halogens is 1. The molecule has 2 heterocycles. The van der Waals surface area contributed by atoms with E-state index in [2.05, 4.69) is 20.2 Å². The standard InChI is InChI=1S/C17H19ClN4O/c18-14-5-3-13(4-6-14)7-8-19-17(23)15-11-16(21-12-20-15)22-9-1-2-10-22/h3-6,11-12H,1-2,7-10H2,(H,19,23). The normalized spacial score (nSPS) is 14.0. The van der Waals surface area contributed by atoms with Crippen LogP contribution < -0.4 is 10.2 Å². The molecule has 1 amide bonds. The summed E-state index contributed by atoms with van der Waals surface area (Å²) in [5, 5.41) is 3.62. The van der Waals surface area contributed by atoms with Crippen LogP contribution in [0.25, 0.3) is 0 Å². The largest absolute Gasteiger partial charge is 0.357 e. The van der Waals surface area contributed by atoms with Crippen LogP contribution >= 0.6 is 11.6 Å². The van der Waals surface area contributed by atoms with Gasteiger partial charge in [-0.05, 0) is 37.0 Å². The Morgan fingerprint density at radius 3 is 2.65 bits per heavy atom. The fourth-order valence-corrected chi connectivity index (χ4v) is 2.78. The van der Waals surface area contributed by atoms with Crippen LogP contribution in [0, 0.1) is 0 Å². The number of nitrogens with zero attached hydrogens (tertiary/aromatic N) is 3. The Kier molecular flexibility index (Phi) is 5.08. The van der Waals surface area contributed by atoms with Crippen molar-refractivity contribution in [1.29, 1.82) is 0 Å². The minimum atomic E-state index is -0.165. The van der Waals surface area contributed by atoms with Gasteiger partial charge in [-0.25, -0.2) is 9.97 Å². The maximum Gasteiger partial charge on any atom is 0.270 e. The maximum atomic E-state index is 12.2. The van der Waals surface area contributed by atoms with Crippen molar-refractivity contribution in [2.75, 3.05) is 24.5 Å². The van der Waals surface area contributed by atoms with Crippen molar-refractivity contribution >= 4 is 23.3 Å². The summed E-state index contributed by atoms with van der Waals surface area (Å²) in [5.74, 6) is 0.669. The lowest BCUT2D eigenvalue weighted by Gasteiger charge is -2.16. The van der Waals surface area contributed by atoms with Gasteiger partial charge < -0.3 is 10.2 Å². The highest BCUT2D eigenvalue weighted by atomic mass is 35.5. The second kappa shape index (κ2) is 7.42. The molecule has 1 fully saturated rings. The van der Waals surface area contributed by atoms with Gasteiger partial charge in [-0.1, -0.05) is 23.7 Å². The summed E-state index contributed by atoms with van der Waals surface area (Å²) < 4.78 is 0. The van der Waals surface area contributed by atoms with Gasteiger partial charge in [-0.15, -0.1) is 0 Å². The van der Waals surface area contributed by atoms with Crippen LogP contribution in [0.3, 0.4) is 0 Å². The van der Waals surface area contributed by atoms with Gasteiger partial charge in [0.05, 0.1) is 0 Å². The molecule has 1 aromatic carbocycles. The highest BCUT2D eigenvalue weighted by Gasteiger charge is 2.16. The fraction of sp³-hybridized carbons (Fsp3) is 0.353. The number of amides is 1. The average molecular weight is 331 g/mol. The Morgan fingerprint density at radius 1 is 1.17 bits per heavy atom. The number of aromatic nitrogens is 2. The third-order valence-corrected chi connectivity index (χ3v) is 4.18. The molecule has 0 bridgehead atoms. The van der Waals surface area contributed by atoms with Crippen molar-refractivity contribution in [3.63, 3.8) is 0 Å². The quantitative estimate of drug-likeness (QED) is 0.915. The topological polar surface area (TPSA) is 58.1 Å². The lowest BCUT2D eigenvalue weighted by Crippen LogP contribution is -2.27. The third kappa shape index (κ3) is 4.20. The molecular formula is C17H19ClN4O. The molecule has 0 spiro atoms. The molecule has 0 atom stereocenters. The van der Waals surface area contributed by atoms with Gasteiger partial charge in [0.15, 0.2) is 0 Å². The van der Waals surface area contributed by atoms with Crippen LogP contribution in [0.4, 0.5) is 5.82 Å². The second-order valence-corrected chi connectivity index (χ2v) is 6.02. The Morgan fingerprint density at radius 2 is 1.91 bits per heavy atom. The van der Waals surface area contributed by atoms with E-state index >= 15 is 0 Å². The maximum absolute atomic E-state index is 12.2. The van der Waals surface area contributed by atoms with Crippen LogP contribution in [0.5, 0.6) is 0 Å². The number of carbonyl (C=O) groups excluding carboxylic acids is 1. The summed E-state index contributed by atoms with van der Waals surface area (Å²) in [5.41, 5.74) is 1.55. The van der Waals surface area contributed by atoms with Gasteiger partial charge in [-0.2, -0.15) is 0 Å². The fourth-order valence-electron chi connectivity index (χ4n) is 2.65. The molecule has 5 nitrogen and oxygen atoms in total. The van der Waals surface area contributed by atoms with Crippen LogP contribution in [0.1, 0.15) is 28.9 Å². The first-order chi connectivity index (χ1) is 11.2. The summed E-state index contributed by atoms with van der Waals surface area (Å²) in [6.07, 6.45) is 4.56. The minimum absolute atomic E-state index is 0.165. The van der Waals surface area contributed by atoms with E-state index in [4.69, 9.17) is 11.6 Å². The Balaban J connectivity index is 1.55. The number of carbonyl (C=O) groups is 1. The molecule has 3 rings (SSSR count). The molecule has 0 radical (unpaired) electrons. The van der Waals surface area contributed by atoms with Crippen molar-refractivity contribution in [3.8, 4) is 0 Å². The Labute approximate surface area is 140 Å². The monoisotopic (exact) mass is 330 g/mol. The van der Waals surface area contributed by atoms with E-state index in [9.17, 15) is 4.79 Å². The molecule has 1 N–H and O–H groups in total. The first-order valence-corrected chi connectivity index (χ1v) is 8.20. The van der Waals surface area contributed by atoms with Crippen molar-refractivity contribution in [1.82, 2.24) is 15.3 Å².